The van der Waals surface area contributed by atoms with Gasteiger partial charge in [0.25, 0.3) is 0 Å². The molecule has 0 radical (unpaired) electrons. The predicted molar refractivity (Wildman–Crippen MR) is 74.3 cm³/mol. The lowest BCUT2D eigenvalue weighted by Crippen LogP contribution is -2.54. The summed E-state index contributed by atoms with van der Waals surface area (Å²) in [6.07, 6.45) is 2.46. The van der Waals surface area contributed by atoms with Crippen LogP contribution in [0.4, 0.5) is 4.79 Å². The van der Waals surface area contributed by atoms with Gasteiger partial charge in [-0.2, -0.15) is 0 Å². The van der Waals surface area contributed by atoms with E-state index in [2.05, 4.69) is 15.2 Å². The number of amides is 1. The zero-order valence-corrected chi connectivity index (χ0v) is 11.9. The average molecular weight is 268 g/mol. The highest BCUT2D eigenvalue weighted by atomic mass is 16.6. The first kappa shape index (κ1) is 14.0. The summed E-state index contributed by atoms with van der Waals surface area (Å²) < 4.78 is 5.01. The molecule has 1 saturated carbocycles. The summed E-state index contributed by atoms with van der Waals surface area (Å²) in [7, 11) is 1.81. The lowest BCUT2D eigenvalue weighted by Gasteiger charge is -2.35. The molecule has 108 valence electrons. The van der Waals surface area contributed by atoms with Gasteiger partial charge in [-0.25, -0.2) is 4.79 Å². The molecule has 2 rings (SSSR count). The lowest BCUT2D eigenvalue weighted by atomic mass is 10.3. The van der Waals surface area contributed by atoms with Gasteiger partial charge >= 0.3 is 6.09 Å². The molecule has 1 saturated heterocycles. The summed E-state index contributed by atoms with van der Waals surface area (Å²) in [6, 6.07) is 0. The zero-order chi connectivity index (χ0) is 13.7. The van der Waals surface area contributed by atoms with Crippen molar-refractivity contribution in [2.45, 2.75) is 19.8 Å². The van der Waals surface area contributed by atoms with E-state index in [9.17, 15) is 4.79 Å². The number of ether oxygens (including phenoxy) is 1. The van der Waals surface area contributed by atoms with Crippen molar-refractivity contribution in [3.63, 3.8) is 0 Å². The summed E-state index contributed by atoms with van der Waals surface area (Å²) >= 11 is 0. The van der Waals surface area contributed by atoms with E-state index in [-0.39, 0.29) is 6.09 Å². The van der Waals surface area contributed by atoms with E-state index in [1.807, 2.05) is 14.0 Å². The molecule has 0 atom stereocenters. The van der Waals surface area contributed by atoms with Gasteiger partial charge in [-0.05, 0) is 25.7 Å². The Labute approximate surface area is 114 Å². The van der Waals surface area contributed by atoms with Crippen LogP contribution in [0.2, 0.25) is 0 Å². The number of nitrogens with zero attached hydrogens (tertiary/aromatic N) is 3. The topological polar surface area (TPSA) is 57.2 Å². The fourth-order valence-electron chi connectivity index (χ4n) is 2.21. The summed E-state index contributed by atoms with van der Waals surface area (Å²) in [5, 5.41) is 3.41. The number of rotatable bonds is 3. The number of hydrogen-bond donors (Lipinski definition) is 1. The number of carbonyl (C=O) groups is 1. The second-order valence-electron chi connectivity index (χ2n) is 5.04. The van der Waals surface area contributed by atoms with Crippen LogP contribution in [0, 0.1) is 5.92 Å². The van der Waals surface area contributed by atoms with Gasteiger partial charge in [-0.1, -0.05) is 0 Å². The van der Waals surface area contributed by atoms with E-state index in [4.69, 9.17) is 4.74 Å². The minimum Gasteiger partial charge on any atom is -0.450 e. The molecule has 1 aliphatic heterocycles. The molecular formula is C13H24N4O2. The van der Waals surface area contributed by atoms with Gasteiger partial charge in [0.05, 0.1) is 6.61 Å². The highest BCUT2D eigenvalue weighted by Crippen LogP contribution is 2.27. The minimum atomic E-state index is -0.205. The normalized spacial score (nSPS) is 20.4. The van der Waals surface area contributed by atoms with Crippen molar-refractivity contribution in [1.82, 2.24) is 15.1 Å². The fraction of sp³-hybridized carbons (Fsp3) is 0.846. The number of nitrogens with one attached hydrogen (secondary N) is 1. The maximum atomic E-state index is 11.6. The summed E-state index contributed by atoms with van der Waals surface area (Å²) in [5.74, 6) is 1.79. The molecule has 6 heteroatoms. The summed E-state index contributed by atoms with van der Waals surface area (Å²) in [5.41, 5.74) is 0. The Hall–Kier alpha value is -1.46. The van der Waals surface area contributed by atoms with Gasteiger partial charge in [0.2, 0.25) is 0 Å². The maximum absolute atomic E-state index is 11.6. The van der Waals surface area contributed by atoms with Crippen LogP contribution in [0.1, 0.15) is 19.8 Å². The molecule has 19 heavy (non-hydrogen) atoms. The molecule has 2 aliphatic rings. The number of carbonyl (C=O) groups excluding carboxylic acids is 1. The van der Waals surface area contributed by atoms with Crippen molar-refractivity contribution in [2.75, 3.05) is 46.4 Å². The molecule has 0 aromatic heterocycles. The Morgan fingerprint density at radius 2 is 1.89 bits per heavy atom. The summed E-state index contributed by atoms with van der Waals surface area (Å²) in [6.45, 7) is 6.30. The minimum absolute atomic E-state index is 0.205. The van der Waals surface area contributed by atoms with Crippen LogP contribution in [0.5, 0.6) is 0 Å². The molecule has 0 bridgehead atoms. The predicted octanol–water partition coefficient (Wildman–Crippen LogP) is 0.746. The molecule has 0 spiro atoms. The first-order valence-corrected chi connectivity index (χ1v) is 7.12. The molecule has 2 fully saturated rings. The summed E-state index contributed by atoms with van der Waals surface area (Å²) in [4.78, 5) is 19.9. The Morgan fingerprint density at radius 3 is 2.42 bits per heavy atom. The first-order valence-electron chi connectivity index (χ1n) is 7.12. The van der Waals surface area contributed by atoms with Gasteiger partial charge < -0.3 is 19.9 Å². The number of guanidine groups is 1. The van der Waals surface area contributed by atoms with Crippen molar-refractivity contribution in [1.29, 1.82) is 0 Å². The molecule has 0 aromatic rings. The average Bonchev–Trinajstić information content (AvgIpc) is 3.24. The first-order chi connectivity index (χ1) is 9.24. The second kappa shape index (κ2) is 6.63. The van der Waals surface area contributed by atoms with Gasteiger partial charge in [0, 0.05) is 39.8 Å². The van der Waals surface area contributed by atoms with E-state index in [0.29, 0.717) is 19.7 Å². The van der Waals surface area contributed by atoms with Crippen LogP contribution in [-0.2, 0) is 4.74 Å². The second-order valence-corrected chi connectivity index (χ2v) is 5.04. The van der Waals surface area contributed by atoms with E-state index < -0.39 is 0 Å². The number of piperazine rings is 1. The van der Waals surface area contributed by atoms with Crippen LogP contribution >= 0.6 is 0 Å². The van der Waals surface area contributed by atoms with E-state index in [0.717, 1.165) is 31.5 Å². The van der Waals surface area contributed by atoms with Crippen LogP contribution < -0.4 is 5.32 Å². The van der Waals surface area contributed by atoms with E-state index in [1.54, 1.807) is 4.90 Å². The lowest BCUT2D eigenvalue weighted by molar-refractivity contribution is 0.0914. The van der Waals surface area contributed by atoms with Crippen LogP contribution in [0.15, 0.2) is 4.99 Å². The zero-order valence-electron chi connectivity index (χ0n) is 11.9. The van der Waals surface area contributed by atoms with Crippen LogP contribution in [0.25, 0.3) is 0 Å². The van der Waals surface area contributed by atoms with E-state index in [1.165, 1.54) is 12.8 Å². The number of hydrogen-bond acceptors (Lipinski definition) is 3. The third kappa shape index (κ3) is 4.01. The quantitative estimate of drug-likeness (QED) is 0.606. The van der Waals surface area contributed by atoms with Crippen molar-refractivity contribution in [3.8, 4) is 0 Å². The molecule has 0 aromatic carbocycles. The highest BCUT2D eigenvalue weighted by Gasteiger charge is 2.25. The Bertz CT molecular complexity index is 334. The van der Waals surface area contributed by atoms with Crippen LogP contribution in [-0.4, -0.2) is 68.2 Å². The molecule has 0 unspecified atom stereocenters. The molecule has 1 aliphatic carbocycles. The molecule has 6 nitrogen and oxygen atoms in total. The van der Waals surface area contributed by atoms with E-state index >= 15 is 0 Å². The number of aliphatic imine (C=N–C) groups is 1. The van der Waals surface area contributed by atoms with Gasteiger partial charge in [-0.3, -0.25) is 4.99 Å². The fourth-order valence-corrected chi connectivity index (χ4v) is 2.21. The van der Waals surface area contributed by atoms with Crippen LogP contribution in [0.3, 0.4) is 0 Å². The molecule has 1 heterocycles. The molecule has 1 N–H and O–H groups in total. The standard InChI is InChI=1S/C13H24N4O2/c1-3-19-13(18)17-8-6-16(7-9-17)12(14-2)15-10-11-4-5-11/h11H,3-10H2,1-2H3,(H,14,15). The Kier molecular flexibility index (Phi) is 4.87. The van der Waals surface area contributed by atoms with Crippen molar-refractivity contribution in [2.24, 2.45) is 10.9 Å². The van der Waals surface area contributed by atoms with Gasteiger partial charge in [-0.15, -0.1) is 0 Å². The molecular weight excluding hydrogens is 244 g/mol. The Balaban J connectivity index is 1.75. The highest BCUT2D eigenvalue weighted by molar-refractivity contribution is 5.80. The van der Waals surface area contributed by atoms with Gasteiger partial charge in [0.15, 0.2) is 5.96 Å². The molecule has 1 amide bonds. The van der Waals surface area contributed by atoms with Crippen molar-refractivity contribution >= 4 is 12.1 Å². The largest absolute Gasteiger partial charge is 0.450 e. The SMILES string of the molecule is CCOC(=O)N1CCN(C(=NC)NCC2CC2)CC1. The maximum Gasteiger partial charge on any atom is 0.409 e. The van der Waals surface area contributed by atoms with Crippen molar-refractivity contribution < 1.29 is 9.53 Å². The van der Waals surface area contributed by atoms with Crippen molar-refractivity contribution in [3.05, 3.63) is 0 Å². The third-order valence-electron chi connectivity index (χ3n) is 3.56. The Morgan fingerprint density at radius 1 is 1.26 bits per heavy atom. The smallest absolute Gasteiger partial charge is 0.409 e. The van der Waals surface area contributed by atoms with Gasteiger partial charge in [0.1, 0.15) is 0 Å². The third-order valence-corrected chi connectivity index (χ3v) is 3.56. The monoisotopic (exact) mass is 268 g/mol.